The number of nitrogens with zero attached hydrogens (tertiary/aromatic N) is 2. The van der Waals surface area contributed by atoms with Crippen LogP contribution >= 0.6 is 11.6 Å². The van der Waals surface area contributed by atoms with Gasteiger partial charge in [-0.1, -0.05) is 48.0 Å². The lowest BCUT2D eigenvalue weighted by Crippen LogP contribution is -2.48. The van der Waals surface area contributed by atoms with Crippen molar-refractivity contribution in [3.05, 3.63) is 125 Å². The van der Waals surface area contributed by atoms with Crippen LogP contribution < -0.4 is 15.0 Å². The van der Waals surface area contributed by atoms with Crippen LogP contribution in [-0.4, -0.2) is 42.9 Å². The van der Waals surface area contributed by atoms with E-state index in [0.717, 1.165) is 30.0 Å². The second-order valence-electron chi connectivity index (χ2n) is 9.09. The van der Waals surface area contributed by atoms with Crippen LogP contribution in [0.5, 0.6) is 5.75 Å². The second-order valence-corrected chi connectivity index (χ2v) is 9.53. The summed E-state index contributed by atoms with van der Waals surface area (Å²) < 4.78 is 5.80. The number of piperazine rings is 1. The van der Waals surface area contributed by atoms with Gasteiger partial charge in [0.25, 0.3) is 11.8 Å². The molecular weight excluding hydrogens is 498 g/mol. The van der Waals surface area contributed by atoms with Crippen LogP contribution in [0, 0.1) is 0 Å². The Balaban J connectivity index is 1.11. The van der Waals surface area contributed by atoms with Crippen molar-refractivity contribution in [2.75, 3.05) is 36.4 Å². The molecule has 1 aliphatic rings. The van der Waals surface area contributed by atoms with Crippen LogP contribution in [-0.2, 0) is 6.61 Å². The number of carbonyl (C=O) groups excluding carboxylic acids is 2. The van der Waals surface area contributed by atoms with E-state index in [4.69, 9.17) is 16.3 Å². The van der Waals surface area contributed by atoms with Gasteiger partial charge in [0.2, 0.25) is 0 Å². The summed E-state index contributed by atoms with van der Waals surface area (Å²) in [6.45, 7) is 3.21. The fourth-order valence-electron chi connectivity index (χ4n) is 4.37. The molecule has 38 heavy (non-hydrogen) atoms. The van der Waals surface area contributed by atoms with E-state index in [1.165, 1.54) is 0 Å². The van der Waals surface area contributed by atoms with E-state index in [1.807, 2.05) is 59.5 Å². The molecule has 0 atom stereocenters. The van der Waals surface area contributed by atoms with Gasteiger partial charge in [0.1, 0.15) is 12.4 Å². The van der Waals surface area contributed by atoms with Crippen molar-refractivity contribution in [3.63, 3.8) is 0 Å². The van der Waals surface area contributed by atoms with E-state index in [1.54, 1.807) is 48.5 Å². The topological polar surface area (TPSA) is 61.9 Å². The molecule has 7 heteroatoms. The molecular formula is C31H28ClN3O3. The molecule has 0 unspecified atom stereocenters. The molecule has 1 N–H and O–H groups in total. The van der Waals surface area contributed by atoms with Crippen molar-refractivity contribution >= 4 is 34.8 Å². The molecule has 0 saturated carbocycles. The van der Waals surface area contributed by atoms with Crippen molar-refractivity contribution in [1.29, 1.82) is 0 Å². The molecule has 4 aromatic rings. The van der Waals surface area contributed by atoms with Crippen molar-refractivity contribution in [2.45, 2.75) is 6.61 Å². The third kappa shape index (κ3) is 6.33. The number of halogens is 1. The highest BCUT2D eigenvalue weighted by atomic mass is 35.5. The van der Waals surface area contributed by atoms with E-state index in [9.17, 15) is 9.59 Å². The summed E-state index contributed by atoms with van der Waals surface area (Å²) in [6, 6.07) is 31.9. The highest BCUT2D eigenvalue weighted by Gasteiger charge is 2.22. The number of hydrogen-bond donors (Lipinski definition) is 1. The maximum atomic E-state index is 12.8. The number of nitrogens with one attached hydrogen (secondary N) is 1. The third-order valence-corrected chi connectivity index (χ3v) is 6.73. The number of carbonyl (C=O) groups is 2. The first-order chi connectivity index (χ1) is 18.5. The number of ether oxygens (including phenoxy) is 1. The summed E-state index contributed by atoms with van der Waals surface area (Å²) in [5.41, 5.74) is 4.03. The van der Waals surface area contributed by atoms with Gasteiger partial charge in [-0.25, -0.2) is 0 Å². The molecule has 0 aromatic heterocycles. The zero-order valence-electron chi connectivity index (χ0n) is 20.8. The lowest BCUT2D eigenvalue weighted by molar-refractivity contribution is 0.0746. The number of hydrogen-bond acceptors (Lipinski definition) is 4. The van der Waals surface area contributed by atoms with Gasteiger partial charge in [-0.15, -0.1) is 0 Å². The molecule has 1 fully saturated rings. The van der Waals surface area contributed by atoms with E-state index < -0.39 is 0 Å². The minimum Gasteiger partial charge on any atom is -0.489 e. The minimum absolute atomic E-state index is 0.000926. The number of anilines is 2. The molecule has 0 spiro atoms. The van der Waals surface area contributed by atoms with E-state index in [2.05, 4.69) is 10.2 Å². The maximum absolute atomic E-state index is 12.8. The molecule has 2 amide bonds. The Labute approximate surface area is 227 Å². The first-order valence-electron chi connectivity index (χ1n) is 12.5. The van der Waals surface area contributed by atoms with Crippen molar-refractivity contribution in [3.8, 4) is 5.75 Å². The highest BCUT2D eigenvalue weighted by molar-refractivity contribution is 6.31. The van der Waals surface area contributed by atoms with Gasteiger partial charge < -0.3 is 19.9 Å². The minimum atomic E-state index is -0.180. The van der Waals surface area contributed by atoms with Gasteiger partial charge in [-0.3, -0.25) is 9.59 Å². The number of amides is 2. The van der Waals surface area contributed by atoms with Crippen molar-refractivity contribution in [2.24, 2.45) is 0 Å². The van der Waals surface area contributed by atoms with Crippen molar-refractivity contribution < 1.29 is 14.3 Å². The molecule has 1 heterocycles. The summed E-state index contributed by atoms with van der Waals surface area (Å²) in [4.78, 5) is 29.6. The van der Waals surface area contributed by atoms with Crippen LogP contribution in [0.3, 0.4) is 0 Å². The molecule has 1 saturated heterocycles. The molecule has 5 rings (SSSR count). The van der Waals surface area contributed by atoms with Gasteiger partial charge in [0.15, 0.2) is 0 Å². The molecule has 1 aliphatic heterocycles. The van der Waals surface area contributed by atoms with Crippen molar-refractivity contribution in [1.82, 2.24) is 4.90 Å². The van der Waals surface area contributed by atoms with Gasteiger partial charge in [0, 0.05) is 53.7 Å². The van der Waals surface area contributed by atoms with Gasteiger partial charge in [-0.2, -0.15) is 0 Å². The lowest BCUT2D eigenvalue weighted by atomic mass is 10.1. The fraction of sp³-hybridized carbons (Fsp3) is 0.161. The zero-order valence-corrected chi connectivity index (χ0v) is 21.6. The van der Waals surface area contributed by atoms with E-state index in [0.29, 0.717) is 41.6 Å². The first-order valence-corrected chi connectivity index (χ1v) is 12.9. The number of benzene rings is 4. The Morgan fingerprint density at radius 2 is 1.47 bits per heavy atom. The highest BCUT2D eigenvalue weighted by Crippen LogP contribution is 2.22. The SMILES string of the molecule is O=C(Nc1ccc(N2CCN(C(=O)c3cccc(Cl)c3)CC2)cc1)c1ccc(OCc2ccccc2)cc1. The molecule has 6 nitrogen and oxygen atoms in total. The molecule has 192 valence electrons. The standard InChI is InChI=1S/C31H28ClN3O3/c32-26-8-4-7-25(21-26)31(37)35-19-17-34(18-20-35)28-13-11-27(12-14-28)33-30(36)24-9-15-29(16-10-24)38-22-23-5-2-1-3-6-23/h1-16,21H,17-20,22H2,(H,33,36). The van der Waals surface area contributed by atoms with Gasteiger partial charge >= 0.3 is 0 Å². The normalized spacial score (nSPS) is 13.2. The summed E-state index contributed by atoms with van der Waals surface area (Å²) in [5.74, 6) is 0.533. The Hall–Kier alpha value is -4.29. The largest absolute Gasteiger partial charge is 0.489 e. The predicted octanol–water partition coefficient (Wildman–Crippen LogP) is 6.13. The average molecular weight is 526 g/mol. The Bertz CT molecular complexity index is 1380. The summed E-state index contributed by atoms with van der Waals surface area (Å²) in [5, 5.41) is 3.51. The maximum Gasteiger partial charge on any atom is 0.255 e. The smallest absolute Gasteiger partial charge is 0.255 e. The monoisotopic (exact) mass is 525 g/mol. The van der Waals surface area contributed by atoms with Crippen LogP contribution in [0.2, 0.25) is 5.02 Å². The Kier molecular flexibility index (Phi) is 7.90. The summed E-state index contributed by atoms with van der Waals surface area (Å²) >= 11 is 6.04. The lowest BCUT2D eigenvalue weighted by Gasteiger charge is -2.36. The molecule has 4 aromatic carbocycles. The third-order valence-electron chi connectivity index (χ3n) is 6.49. The van der Waals surface area contributed by atoms with Crippen LogP contribution in [0.4, 0.5) is 11.4 Å². The quantitative estimate of drug-likeness (QED) is 0.315. The van der Waals surface area contributed by atoms with Crippen LogP contribution in [0.15, 0.2) is 103 Å². The fourth-order valence-corrected chi connectivity index (χ4v) is 4.56. The predicted molar refractivity (Wildman–Crippen MR) is 151 cm³/mol. The molecule has 0 aliphatic carbocycles. The summed E-state index contributed by atoms with van der Waals surface area (Å²) in [6.07, 6.45) is 0. The Morgan fingerprint density at radius 3 is 2.16 bits per heavy atom. The first kappa shape index (κ1) is 25.4. The van der Waals surface area contributed by atoms with Gasteiger partial charge in [0.05, 0.1) is 0 Å². The molecule has 0 bridgehead atoms. The Morgan fingerprint density at radius 1 is 0.763 bits per heavy atom. The van der Waals surface area contributed by atoms with Crippen LogP contribution in [0.1, 0.15) is 26.3 Å². The van der Waals surface area contributed by atoms with E-state index in [-0.39, 0.29) is 11.8 Å². The molecule has 0 radical (unpaired) electrons. The zero-order chi connectivity index (χ0) is 26.3. The van der Waals surface area contributed by atoms with Gasteiger partial charge in [-0.05, 0) is 72.3 Å². The summed E-state index contributed by atoms with van der Waals surface area (Å²) in [7, 11) is 0. The second kappa shape index (κ2) is 11.8. The van der Waals surface area contributed by atoms with E-state index >= 15 is 0 Å². The van der Waals surface area contributed by atoms with Crippen LogP contribution in [0.25, 0.3) is 0 Å². The number of rotatable bonds is 7. The average Bonchev–Trinajstić information content (AvgIpc) is 2.97.